The van der Waals surface area contributed by atoms with Gasteiger partial charge in [0.05, 0.1) is 9.90 Å². The van der Waals surface area contributed by atoms with Gasteiger partial charge in [0.1, 0.15) is 17.2 Å². The van der Waals surface area contributed by atoms with E-state index < -0.39 is 24.0 Å². The van der Waals surface area contributed by atoms with Gasteiger partial charge in [-0.15, -0.1) is 11.3 Å². The number of benzene rings is 3. The molecule has 0 fully saturated rings. The fourth-order valence-electron chi connectivity index (χ4n) is 4.33. The van der Waals surface area contributed by atoms with Crippen molar-refractivity contribution in [1.82, 2.24) is 10.3 Å². The second-order valence-corrected chi connectivity index (χ2v) is 11.4. The molecule has 39 heavy (non-hydrogen) atoms. The number of nitrogens with one attached hydrogen (secondary N) is 1. The zero-order valence-corrected chi connectivity index (χ0v) is 24.2. The van der Waals surface area contributed by atoms with Crippen molar-refractivity contribution in [3.63, 3.8) is 0 Å². The lowest BCUT2D eigenvalue weighted by Gasteiger charge is -2.20. The molecule has 4 rings (SSSR count). The topological polar surface area (TPSA) is 88.5 Å². The summed E-state index contributed by atoms with van der Waals surface area (Å²) in [6, 6.07) is 19.9. The molecule has 0 saturated heterocycles. The number of aryl methyl sites for hydroxylation is 1. The van der Waals surface area contributed by atoms with Gasteiger partial charge in [-0.3, -0.25) is 4.79 Å². The van der Waals surface area contributed by atoms with Crippen LogP contribution in [-0.4, -0.2) is 47.1 Å². The number of ether oxygens (including phenoxy) is 1. The largest absolute Gasteiger partial charge is 0.480 e. The predicted molar refractivity (Wildman–Crippen MR) is 160 cm³/mol. The third kappa shape index (κ3) is 6.70. The molecule has 1 aromatic heterocycles. The average molecular weight is 581 g/mol. The third-order valence-electron chi connectivity index (χ3n) is 6.36. The van der Waals surface area contributed by atoms with Gasteiger partial charge in [0.15, 0.2) is 0 Å². The molecule has 2 atom stereocenters. The highest BCUT2D eigenvalue weighted by molar-refractivity contribution is 7.98. The first-order chi connectivity index (χ1) is 18.8. The molecule has 202 valence electrons. The fourth-order valence-corrected chi connectivity index (χ4v) is 6.15. The number of thioether (sulfide) groups is 1. The molecule has 9 heteroatoms. The molecule has 0 aliphatic carbocycles. The van der Waals surface area contributed by atoms with Crippen molar-refractivity contribution in [2.45, 2.75) is 25.5 Å². The van der Waals surface area contributed by atoms with Crippen molar-refractivity contribution in [2.75, 3.05) is 19.1 Å². The highest BCUT2D eigenvalue weighted by Crippen LogP contribution is 2.38. The summed E-state index contributed by atoms with van der Waals surface area (Å²) in [5, 5.41) is 13.8. The Hall–Kier alpha value is -3.17. The number of hydrogen-bond acceptors (Lipinski definition) is 6. The van der Waals surface area contributed by atoms with E-state index in [0.29, 0.717) is 28.3 Å². The van der Waals surface area contributed by atoms with Crippen molar-refractivity contribution in [2.24, 2.45) is 0 Å². The molecule has 0 aliphatic heterocycles. The fraction of sp³-hybridized carbons (Fsp3) is 0.233. The van der Waals surface area contributed by atoms with Crippen molar-refractivity contribution < 1.29 is 19.4 Å². The van der Waals surface area contributed by atoms with Crippen LogP contribution in [-0.2, 0) is 9.53 Å². The van der Waals surface area contributed by atoms with Crippen LogP contribution in [0.3, 0.4) is 0 Å². The van der Waals surface area contributed by atoms with Gasteiger partial charge in [-0.05, 0) is 65.8 Å². The summed E-state index contributed by atoms with van der Waals surface area (Å²) in [5.41, 5.74) is 4.69. The number of carboxylic acids is 1. The number of carbonyl (C=O) groups excluding carboxylic acids is 1. The molecule has 3 aromatic carbocycles. The number of amides is 1. The van der Waals surface area contributed by atoms with E-state index in [4.69, 9.17) is 16.3 Å². The smallest absolute Gasteiger partial charge is 0.326 e. The monoisotopic (exact) mass is 580 g/mol. The minimum absolute atomic E-state index is 0.338. The van der Waals surface area contributed by atoms with Crippen LogP contribution in [0.1, 0.15) is 38.9 Å². The van der Waals surface area contributed by atoms with Gasteiger partial charge in [-0.2, -0.15) is 11.8 Å². The molecular weight excluding hydrogens is 552 g/mol. The summed E-state index contributed by atoms with van der Waals surface area (Å²) in [6.07, 6.45) is 3.61. The first-order valence-corrected chi connectivity index (χ1v) is 14.9. The normalized spacial score (nSPS) is 12.6. The zero-order chi connectivity index (χ0) is 27.9. The molecule has 4 aromatic rings. The van der Waals surface area contributed by atoms with Gasteiger partial charge in [0.2, 0.25) is 0 Å². The maximum Gasteiger partial charge on any atom is 0.326 e. The van der Waals surface area contributed by atoms with Gasteiger partial charge >= 0.3 is 5.97 Å². The summed E-state index contributed by atoms with van der Waals surface area (Å²) in [5.74, 6) is -0.854. The van der Waals surface area contributed by atoms with E-state index in [9.17, 15) is 14.7 Å². The van der Waals surface area contributed by atoms with Crippen molar-refractivity contribution in [1.29, 1.82) is 0 Å². The third-order valence-corrected chi connectivity index (χ3v) is 8.41. The highest BCUT2D eigenvalue weighted by Gasteiger charge is 2.25. The van der Waals surface area contributed by atoms with Gasteiger partial charge in [0.25, 0.3) is 5.91 Å². The lowest BCUT2D eigenvalue weighted by atomic mass is 9.92. The number of rotatable bonds is 11. The summed E-state index contributed by atoms with van der Waals surface area (Å²) >= 11 is 9.43. The van der Waals surface area contributed by atoms with E-state index in [2.05, 4.69) is 10.3 Å². The number of carbonyl (C=O) groups is 2. The van der Waals surface area contributed by atoms with E-state index in [1.54, 1.807) is 19.4 Å². The standard InChI is InChI=1S/C30H29ClN2O4S2/c1-18-8-4-5-9-20(18)23-16-19(12-13-21(23)28(34)33-25(30(35)36)14-15-38-3)27(37-2)26-17-32-29(39-26)22-10-6-7-11-24(22)31/h4-13,16-17,25,27H,14-15H2,1-3H3,(H,33,34)(H,35,36). The lowest BCUT2D eigenvalue weighted by molar-refractivity contribution is -0.139. The molecule has 0 radical (unpaired) electrons. The lowest BCUT2D eigenvalue weighted by Crippen LogP contribution is -2.41. The average Bonchev–Trinajstić information content (AvgIpc) is 3.41. The van der Waals surface area contributed by atoms with Gasteiger partial charge in [-0.25, -0.2) is 9.78 Å². The van der Waals surface area contributed by atoms with Crippen LogP contribution in [0.15, 0.2) is 72.9 Å². The van der Waals surface area contributed by atoms with E-state index in [0.717, 1.165) is 32.1 Å². The number of nitrogens with zero attached hydrogens (tertiary/aromatic N) is 1. The molecule has 0 saturated carbocycles. The Kier molecular flexibility index (Phi) is 9.80. The Balaban J connectivity index is 1.74. The van der Waals surface area contributed by atoms with E-state index in [-0.39, 0.29) is 0 Å². The van der Waals surface area contributed by atoms with Crippen LogP contribution in [0.2, 0.25) is 5.02 Å². The van der Waals surface area contributed by atoms with E-state index in [1.165, 1.54) is 23.1 Å². The second kappa shape index (κ2) is 13.3. The molecule has 1 heterocycles. The predicted octanol–water partition coefficient (Wildman–Crippen LogP) is 7.11. The minimum atomic E-state index is -1.05. The van der Waals surface area contributed by atoms with Gasteiger partial charge < -0.3 is 15.2 Å². The quantitative estimate of drug-likeness (QED) is 0.196. The second-order valence-electron chi connectivity index (χ2n) is 8.93. The zero-order valence-electron chi connectivity index (χ0n) is 21.8. The number of hydrogen-bond donors (Lipinski definition) is 2. The van der Waals surface area contributed by atoms with Crippen LogP contribution in [0.25, 0.3) is 21.7 Å². The van der Waals surface area contributed by atoms with Crippen LogP contribution >= 0.6 is 34.7 Å². The molecule has 2 N–H and O–H groups in total. The molecule has 6 nitrogen and oxygen atoms in total. The maximum atomic E-state index is 13.4. The molecule has 0 aliphatic rings. The summed E-state index contributed by atoms with van der Waals surface area (Å²) in [7, 11) is 1.64. The number of carboxylic acid groups (broad SMARTS) is 1. The number of methoxy groups -OCH3 is 1. The van der Waals surface area contributed by atoms with Gasteiger partial charge in [-0.1, -0.05) is 60.1 Å². The Labute approximate surface area is 241 Å². The Bertz CT molecular complexity index is 1470. The summed E-state index contributed by atoms with van der Waals surface area (Å²) in [4.78, 5) is 30.7. The number of aromatic nitrogens is 1. The van der Waals surface area contributed by atoms with E-state index in [1.807, 2.05) is 73.8 Å². The van der Waals surface area contributed by atoms with Crippen LogP contribution in [0.4, 0.5) is 0 Å². The Morgan fingerprint density at radius 2 is 1.79 bits per heavy atom. The molecule has 2 unspecified atom stereocenters. The molecular formula is C30H29ClN2O4S2. The van der Waals surface area contributed by atoms with Crippen LogP contribution in [0.5, 0.6) is 0 Å². The van der Waals surface area contributed by atoms with Gasteiger partial charge in [0, 0.05) is 24.4 Å². The van der Waals surface area contributed by atoms with Crippen molar-refractivity contribution in [3.05, 3.63) is 99.5 Å². The first-order valence-electron chi connectivity index (χ1n) is 12.3. The number of aliphatic carboxylic acids is 1. The van der Waals surface area contributed by atoms with Crippen molar-refractivity contribution >= 4 is 46.6 Å². The molecule has 0 bridgehead atoms. The number of halogens is 1. The number of thiazole rings is 1. The maximum absolute atomic E-state index is 13.4. The summed E-state index contributed by atoms with van der Waals surface area (Å²) in [6.45, 7) is 1.98. The first kappa shape index (κ1) is 28.8. The highest BCUT2D eigenvalue weighted by atomic mass is 35.5. The Morgan fingerprint density at radius 3 is 2.46 bits per heavy atom. The SMILES string of the molecule is COC(c1ccc(C(=O)NC(CCSC)C(=O)O)c(-c2ccccc2C)c1)c1cnc(-c2ccccc2Cl)s1. The van der Waals surface area contributed by atoms with Crippen molar-refractivity contribution in [3.8, 4) is 21.7 Å². The van der Waals surface area contributed by atoms with Crippen LogP contribution < -0.4 is 5.32 Å². The summed E-state index contributed by atoms with van der Waals surface area (Å²) < 4.78 is 5.92. The molecule has 0 spiro atoms. The minimum Gasteiger partial charge on any atom is -0.480 e. The van der Waals surface area contributed by atoms with E-state index >= 15 is 0 Å². The Morgan fingerprint density at radius 1 is 1.08 bits per heavy atom. The van der Waals surface area contributed by atoms with Crippen LogP contribution in [0, 0.1) is 6.92 Å². The molecule has 1 amide bonds.